The Bertz CT molecular complexity index is 901. The molecule has 2 N–H and O–H groups in total. The van der Waals surface area contributed by atoms with Crippen LogP contribution in [0, 0.1) is 11.3 Å². The van der Waals surface area contributed by atoms with Crippen molar-refractivity contribution >= 4 is 17.5 Å². The summed E-state index contributed by atoms with van der Waals surface area (Å²) in [5.74, 6) is 0.122. The van der Waals surface area contributed by atoms with Crippen molar-refractivity contribution in [2.24, 2.45) is 0 Å². The van der Waals surface area contributed by atoms with E-state index >= 15 is 0 Å². The third-order valence-electron chi connectivity index (χ3n) is 3.46. The van der Waals surface area contributed by atoms with Gasteiger partial charge in [0, 0.05) is 24.6 Å². The summed E-state index contributed by atoms with van der Waals surface area (Å²) in [6.07, 6.45) is 2.92. The maximum atomic E-state index is 12.2. The minimum atomic E-state index is -0.329. The summed E-state index contributed by atoms with van der Waals surface area (Å²) in [5.41, 5.74) is 2.49. The Kier molecular flexibility index (Phi) is 4.98. The van der Waals surface area contributed by atoms with Gasteiger partial charge in [-0.2, -0.15) is 5.26 Å². The van der Waals surface area contributed by atoms with E-state index in [0.717, 1.165) is 5.56 Å². The van der Waals surface area contributed by atoms with Crippen molar-refractivity contribution in [2.45, 2.75) is 6.54 Å². The summed E-state index contributed by atoms with van der Waals surface area (Å²) in [6.45, 7) is 0.604. The maximum Gasteiger partial charge on any atom is 0.258 e. The molecule has 6 nitrogen and oxygen atoms in total. The molecule has 0 saturated heterocycles. The van der Waals surface area contributed by atoms with E-state index in [9.17, 15) is 4.79 Å². The number of anilines is 2. The number of aromatic nitrogens is 2. The molecule has 0 spiro atoms. The molecular formula is C19H15N5O. The minimum absolute atomic E-state index is 0.329. The highest BCUT2D eigenvalue weighted by Gasteiger charge is 2.08. The van der Waals surface area contributed by atoms with Crippen molar-refractivity contribution < 1.29 is 4.79 Å². The monoisotopic (exact) mass is 329 g/mol. The Balaban J connectivity index is 1.61. The second-order valence-electron chi connectivity index (χ2n) is 5.28. The molecule has 1 amide bonds. The molecule has 0 saturated carbocycles. The van der Waals surface area contributed by atoms with E-state index in [-0.39, 0.29) is 5.91 Å². The summed E-state index contributed by atoms with van der Waals surface area (Å²) in [7, 11) is 0. The van der Waals surface area contributed by atoms with Crippen molar-refractivity contribution in [2.75, 3.05) is 10.6 Å². The lowest BCUT2D eigenvalue weighted by molar-refractivity contribution is 0.102. The lowest BCUT2D eigenvalue weighted by Gasteiger charge is -2.07. The predicted molar refractivity (Wildman–Crippen MR) is 94.9 cm³/mol. The van der Waals surface area contributed by atoms with Crippen molar-refractivity contribution in [1.29, 1.82) is 5.26 Å². The first-order valence-electron chi connectivity index (χ1n) is 7.66. The number of hydrogen-bond donors (Lipinski definition) is 2. The van der Waals surface area contributed by atoms with Crippen LogP contribution in [0.3, 0.4) is 0 Å². The first-order chi connectivity index (χ1) is 12.2. The van der Waals surface area contributed by atoms with E-state index in [1.54, 1.807) is 24.3 Å². The average molecular weight is 329 g/mol. The van der Waals surface area contributed by atoms with E-state index < -0.39 is 0 Å². The second-order valence-corrected chi connectivity index (χ2v) is 5.28. The fourth-order valence-electron chi connectivity index (χ4n) is 2.18. The molecule has 0 bridgehead atoms. The Morgan fingerprint density at radius 1 is 1.04 bits per heavy atom. The molecule has 0 atom stereocenters. The third-order valence-corrected chi connectivity index (χ3v) is 3.46. The third kappa shape index (κ3) is 4.39. The number of carbonyl (C=O) groups excluding carboxylic acids is 1. The van der Waals surface area contributed by atoms with Gasteiger partial charge in [0.05, 0.1) is 17.2 Å². The highest BCUT2D eigenvalue weighted by Crippen LogP contribution is 2.12. The van der Waals surface area contributed by atoms with E-state index in [4.69, 9.17) is 5.26 Å². The Morgan fingerprint density at radius 3 is 2.52 bits per heavy atom. The van der Waals surface area contributed by atoms with Gasteiger partial charge in [0.2, 0.25) is 5.95 Å². The lowest BCUT2D eigenvalue weighted by atomic mass is 10.2. The molecule has 0 fully saturated rings. The second kappa shape index (κ2) is 7.70. The van der Waals surface area contributed by atoms with Crippen molar-refractivity contribution in [3.8, 4) is 6.07 Å². The summed E-state index contributed by atoms with van der Waals surface area (Å²) in [4.78, 5) is 20.5. The first-order valence-corrected chi connectivity index (χ1v) is 7.66. The highest BCUT2D eigenvalue weighted by molar-refractivity contribution is 6.03. The normalized spacial score (nSPS) is 9.88. The van der Waals surface area contributed by atoms with Gasteiger partial charge in [-0.3, -0.25) is 4.79 Å². The number of benzene rings is 2. The summed E-state index contributed by atoms with van der Waals surface area (Å²) >= 11 is 0. The molecule has 25 heavy (non-hydrogen) atoms. The van der Waals surface area contributed by atoms with Crippen LogP contribution in [0.25, 0.3) is 0 Å². The molecule has 1 heterocycles. The van der Waals surface area contributed by atoms with Gasteiger partial charge in [-0.15, -0.1) is 0 Å². The van der Waals surface area contributed by atoms with Crippen LogP contribution in [-0.4, -0.2) is 15.9 Å². The molecule has 6 heteroatoms. The van der Waals surface area contributed by atoms with Gasteiger partial charge < -0.3 is 10.6 Å². The molecular weight excluding hydrogens is 314 g/mol. The molecule has 2 aromatic carbocycles. The van der Waals surface area contributed by atoms with Crippen LogP contribution < -0.4 is 10.6 Å². The van der Waals surface area contributed by atoms with E-state index in [1.165, 1.54) is 12.4 Å². The van der Waals surface area contributed by atoms with E-state index in [1.807, 2.05) is 36.4 Å². The number of nitriles is 1. The summed E-state index contributed by atoms with van der Waals surface area (Å²) in [5, 5.41) is 14.7. The first kappa shape index (κ1) is 16.1. The molecule has 0 aliphatic rings. The Morgan fingerprint density at radius 2 is 1.80 bits per heavy atom. The topological polar surface area (TPSA) is 90.7 Å². The minimum Gasteiger partial charge on any atom is -0.350 e. The Labute approximate surface area is 145 Å². The van der Waals surface area contributed by atoms with Gasteiger partial charge in [-0.25, -0.2) is 9.97 Å². The molecule has 3 rings (SSSR count). The predicted octanol–water partition coefficient (Wildman–Crippen LogP) is 3.21. The maximum absolute atomic E-state index is 12.2. The van der Waals surface area contributed by atoms with Crippen LogP contribution >= 0.6 is 0 Å². The fourth-order valence-corrected chi connectivity index (χ4v) is 2.18. The van der Waals surface area contributed by atoms with Crippen molar-refractivity contribution in [3.05, 3.63) is 83.7 Å². The smallest absolute Gasteiger partial charge is 0.258 e. The van der Waals surface area contributed by atoms with Crippen LogP contribution in [-0.2, 0) is 6.54 Å². The Hall–Kier alpha value is -3.72. The molecule has 0 unspecified atom stereocenters. The SMILES string of the molecule is N#Cc1cccc(NC(=O)c2cnc(NCc3ccccc3)nc2)c1. The van der Waals surface area contributed by atoms with Crippen molar-refractivity contribution in [1.82, 2.24) is 9.97 Å². The zero-order chi connectivity index (χ0) is 17.5. The van der Waals surface area contributed by atoms with Crippen LogP contribution in [0.2, 0.25) is 0 Å². The zero-order valence-electron chi connectivity index (χ0n) is 13.3. The zero-order valence-corrected chi connectivity index (χ0v) is 13.3. The fraction of sp³-hybridized carbons (Fsp3) is 0.0526. The summed E-state index contributed by atoms with van der Waals surface area (Å²) < 4.78 is 0. The number of hydrogen-bond acceptors (Lipinski definition) is 5. The van der Waals surface area contributed by atoms with Gasteiger partial charge in [0.15, 0.2) is 0 Å². The number of carbonyl (C=O) groups is 1. The van der Waals surface area contributed by atoms with Gasteiger partial charge in [0.1, 0.15) is 0 Å². The van der Waals surface area contributed by atoms with Gasteiger partial charge in [-0.1, -0.05) is 36.4 Å². The molecule has 3 aromatic rings. The molecule has 0 aliphatic heterocycles. The molecule has 1 aromatic heterocycles. The number of nitrogens with one attached hydrogen (secondary N) is 2. The van der Waals surface area contributed by atoms with E-state index in [2.05, 4.69) is 20.6 Å². The van der Waals surface area contributed by atoms with Gasteiger partial charge in [0.25, 0.3) is 5.91 Å². The highest BCUT2D eigenvalue weighted by atomic mass is 16.1. The standard InChI is InChI=1S/C19H15N5O/c20-10-15-7-4-8-17(9-15)24-18(25)16-12-22-19(23-13-16)21-11-14-5-2-1-3-6-14/h1-9,12-13H,11H2,(H,24,25)(H,21,22,23). The van der Waals surface area contributed by atoms with Crippen LogP contribution in [0.15, 0.2) is 67.0 Å². The average Bonchev–Trinajstić information content (AvgIpc) is 2.67. The van der Waals surface area contributed by atoms with Crippen LogP contribution in [0.4, 0.5) is 11.6 Å². The lowest BCUT2D eigenvalue weighted by Crippen LogP contribution is -2.13. The van der Waals surface area contributed by atoms with Gasteiger partial charge >= 0.3 is 0 Å². The quantitative estimate of drug-likeness (QED) is 0.750. The number of nitrogens with zero attached hydrogens (tertiary/aromatic N) is 3. The number of amides is 1. The molecule has 122 valence electrons. The van der Waals surface area contributed by atoms with Gasteiger partial charge in [-0.05, 0) is 23.8 Å². The van der Waals surface area contributed by atoms with E-state index in [0.29, 0.717) is 29.3 Å². The number of rotatable bonds is 5. The molecule has 0 aliphatic carbocycles. The van der Waals surface area contributed by atoms with Crippen molar-refractivity contribution in [3.63, 3.8) is 0 Å². The molecule has 0 radical (unpaired) electrons. The van der Waals surface area contributed by atoms with Crippen LogP contribution in [0.1, 0.15) is 21.5 Å². The van der Waals surface area contributed by atoms with Crippen LogP contribution in [0.5, 0.6) is 0 Å². The summed E-state index contributed by atoms with van der Waals surface area (Å²) in [6, 6.07) is 18.6. The largest absolute Gasteiger partial charge is 0.350 e.